The summed E-state index contributed by atoms with van der Waals surface area (Å²) in [5.41, 5.74) is 6.99. The molecule has 3 heteroatoms. The number of ether oxygens (including phenoxy) is 1. The first-order chi connectivity index (χ1) is 10.0. The van der Waals surface area contributed by atoms with Crippen LogP contribution < -0.4 is 10.5 Å². The van der Waals surface area contributed by atoms with Crippen LogP contribution in [0.2, 0.25) is 0 Å². The number of benzene rings is 2. The lowest BCUT2D eigenvalue weighted by atomic mass is 9.93. The van der Waals surface area contributed by atoms with E-state index in [1.807, 2.05) is 48.5 Å². The van der Waals surface area contributed by atoms with Crippen molar-refractivity contribution >= 4 is 0 Å². The maximum absolute atomic E-state index is 9.40. The number of rotatable bonds is 5. The third-order valence-electron chi connectivity index (χ3n) is 3.48. The van der Waals surface area contributed by atoms with Crippen LogP contribution in [0.5, 0.6) is 5.75 Å². The van der Waals surface area contributed by atoms with E-state index in [1.165, 1.54) is 5.56 Å². The van der Waals surface area contributed by atoms with E-state index in [0.717, 1.165) is 11.3 Å². The lowest BCUT2D eigenvalue weighted by Gasteiger charge is -2.22. The SMILES string of the molecule is CC(C)c1cccc(OCC(N)(C#N)c2ccccc2)c1. The summed E-state index contributed by atoms with van der Waals surface area (Å²) >= 11 is 0. The molecule has 1 atom stereocenters. The second kappa shape index (κ2) is 6.43. The Morgan fingerprint density at radius 2 is 1.86 bits per heavy atom. The molecular formula is C18H20N2O. The van der Waals surface area contributed by atoms with Crippen molar-refractivity contribution in [3.05, 3.63) is 65.7 Å². The van der Waals surface area contributed by atoms with Crippen LogP contribution in [0, 0.1) is 11.3 Å². The Morgan fingerprint density at radius 3 is 2.48 bits per heavy atom. The topological polar surface area (TPSA) is 59.0 Å². The zero-order valence-corrected chi connectivity index (χ0v) is 12.4. The zero-order valence-electron chi connectivity index (χ0n) is 12.4. The summed E-state index contributed by atoms with van der Waals surface area (Å²) in [6.07, 6.45) is 0. The van der Waals surface area contributed by atoms with Crippen molar-refractivity contribution < 1.29 is 4.74 Å². The highest BCUT2D eigenvalue weighted by atomic mass is 16.5. The smallest absolute Gasteiger partial charge is 0.164 e. The molecule has 108 valence electrons. The summed E-state index contributed by atoms with van der Waals surface area (Å²) in [5.74, 6) is 1.17. The van der Waals surface area contributed by atoms with E-state index < -0.39 is 5.54 Å². The van der Waals surface area contributed by atoms with Crippen molar-refractivity contribution in [1.82, 2.24) is 0 Å². The van der Waals surface area contributed by atoms with Crippen LogP contribution in [0.25, 0.3) is 0 Å². The summed E-state index contributed by atoms with van der Waals surface area (Å²) in [7, 11) is 0. The van der Waals surface area contributed by atoms with Crippen molar-refractivity contribution in [1.29, 1.82) is 5.26 Å². The molecule has 0 spiro atoms. The first-order valence-corrected chi connectivity index (χ1v) is 7.03. The Bertz CT molecular complexity index is 631. The maximum Gasteiger partial charge on any atom is 0.164 e. The summed E-state index contributed by atoms with van der Waals surface area (Å²) in [6.45, 7) is 4.38. The second-order valence-corrected chi connectivity index (χ2v) is 5.47. The highest BCUT2D eigenvalue weighted by molar-refractivity contribution is 5.33. The van der Waals surface area contributed by atoms with Gasteiger partial charge < -0.3 is 10.5 Å². The molecule has 0 aliphatic heterocycles. The molecule has 0 aromatic heterocycles. The molecule has 0 aliphatic rings. The Kier molecular flexibility index (Phi) is 4.62. The molecular weight excluding hydrogens is 260 g/mol. The van der Waals surface area contributed by atoms with Gasteiger partial charge >= 0.3 is 0 Å². The summed E-state index contributed by atoms with van der Waals surface area (Å²) in [6, 6.07) is 19.4. The average molecular weight is 280 g/mol. The largest absolute Gasteiger partial charge is 0.490 e. The minimum atomic E-state index is -1.14. The van der Waals surface area contributed by atoms with Gasteiger partial charge in [0.1, 0.15) is 12.4 Å². The van der Waals surface area contributed by atoms with E-state index in [2.05, 4.69) is 26.0 Å². The van der Waals surface area contributed by atoms with Gasteiger partial charge in [-0.15, -0.1) is 0 Å². The third-order valence-corrected chi connectivity index (χ3v) is 3.48. The van der Waals surface area contributed by atoms with Crippen molar-refractivity contribution in [2.75, 3.05) is 6.61 Å². The third kappa shape index (κ3) is 3.62. The highest BCUT2D eigenvalue weighted by Gasteiger charge is 2.28. The fraction of sp³-hybridized carbons (Fsp3) is 0.278. The number of nitrogens with zero attached hydrogens (tertiary/aromatic N) is 1. The van der Waals surface area contributed by atoms with Crippen molar-refractivity contribution in [3.8, 4) is 11.8 Å². The molecule has 0 bridgehead atoms. The van der Waals surface area contributed by atoms with Gasteiger partial charge in [0.05, 0.1) is 6.07 Å². The molecule has 0 heterocycles. The molecule has 0 amide bonds. The number of hydrogen-bond donors (Lipinski definition) is 1. The van der Waals surface area contributed by atoms with Crippen LogP contribution in [-0.4, -0.2) is 6.61 Å². The fourth-order valence-electron chi connectivity index (χ4n) is 2.08. The predicted octanol–water partition coefficient (Wildman–Crippen LogP) is 3.57. The molecule has 2 aromatic rings. The molecule has 21 heavy (non-hydrogen) atoms. The van der Waals surface area contributed by atoms with Crippen LogP contribution in [0.3, 0.4) is 0 Å². The van der Waals surface area contributed by atoms with Gasteiger partial charge in [0.15, 0.2) is 5.54 Å². The Morgan fingerprint density at radius 1 is 1.14 bits per heavy atom. The zero-order chi connectivity index (χ0) is 15.3. The van der Waals surface area contributed by atoms with E-state index in [-0.39, 0.29) is 6.61 Å². The van der Waals surface area contributed by atoms with Gasteiger partial charge in [-0.2, -0.15) is 5.26 Å². The number of hydrogen-bond acceptors (Lipinski definition) is 3. The minimum Gasteiger partial charge on any atom is -0.490 e. The molecule has 1 unspecified atom stereocenters. The molecule has 3 nitrogen and oxygen atoms in total. The molecule has 0 saturated carbocycles. The van der Waals surface area contributed by atoms with Crippen molar-refractivity contribution in [2.24, 2.45) is 5.73 Å². The monoisotopic (exact) mass is 280 g/mol. The molecule has 0 aliphatic carbocycles. The van der Waals surface area contributed by atoms with E-state index in [4.69, 9.17) is 10.5 Å². The summed E-state index contributed by atoms with van der Waals surface area (Å²) < 4.78 is 5.76. The average Bonchev–Trinajstić information content (AvgIpc) is 2.53. The van der Waals surface area contributed by atoms with E-state index in [1.54, 1.807) is 0 Å². The molecule has 2 N–H and O–H groups in total. The van der Waals surface area contributed by atoms with Crippen LogP contribution in [0.1, 0.15) is 30.9 Å². The van der Waals surface area contributed by atoms with Crippen LogP contribution in [-0.2, 0) is 5.54 Å². The van der Waals surface area contributed by atoms with Gasteiger partial charge in [-0.05, 0) is 29.2 Å². The van der Waals surface area contributed by atoms with E-state index in [9.17, 15) is 5.26 Å². The first kappa shape index (κ1) is 15.1. The van der Waals surface area contributed by atoms with Crippen molar-refractivity contribution in [2.45, 2.75) is 25.3 Å². The van der Waals surface area contributed by atoms with Gasteiger partial charge in [0, 0.05) is 0 Å². The highest BCUT2D eigenvalue weighted by Crippen LogP contribution is 2.23. The Hall–Kier alpha value is -2.31. The molecule has 0 radical (unpaired) electrons. The number of nitrogens with two attached hydrogens (primary N) is 1. The molecule has 2 rings (SSSR count). The van der Waals surface area contributed by atoms with Crippen LogP contribution >= 0.6 is 0 Å². The van der Waals surface area contributed by atoms with Crippen LogP contribution in [0.4, 0.5) is 0 Å². The van der Waals surface area contributed by atoms with E-state index >= 15 is 0 Å². The normalized spacial score (nSPS) is 13.5. The van der Waals surface area contributed by atoms with Crippen molar-refractivity contribution in [3.63, 3.8) is 0 Å². The second-order valence-electron chi connectivity index (χ2n) is 5.47. The maximum atomic E-state index is 9.40. The Labute approximate surface area is 126 Å². The quantitative estimate of drug-likeness (QED) is 0.911. The van der Waals surface area contributed by atoms with Gasteiger partial charge in [-0.25, -0.2) is 0 Å². The van der Waals surface area contributed by atoms with Gasteiger partial charge in [0.25, 0.3) is 0 Å². The van der Waals surface area contributed by atoms with Gasteiger partial charge in [0.2, 0.25) is 0 Å². The predicted molar refractivity (Wildman–Crippen MR) is 83.9 cm³/mol. The molecule has 0 fully saturated rings. The lowest BCUT2D eigenvalue weighted by molar-refractivity contribution is 0.255. The lowest BCUT2D eigenvalue weighted by Crippen LogP contribution is -2.41. The fourth-order valence-corrected chi connectivity index (χ4v) is 2.08. The van der Waals surface area contributed by atoms with Crippen LogP contribution in [0.15, 0.2) is 54.6 Å². The van der Waals surface area contributed by atoms with Gasteiger partial charge in [-0.3, -0.25) is 0 Å². The summed E-state index contributed by atoms with van der Waals surface area (Å²) in [4.78, 5) is 0. The minimum absolute atomic E-state index is 0.120. The van der Waals surface area contributed by atoms with Gasteiger partial charge in [-0.1, -0.05) is 56.3 Å². The number of nitriles is 1. The van der Waals surface area contributed by atoms with E-state index in [0.29, 0.717) is 5.92 Å². The Balaban J connectivity index is 2.14. The standard InChI is InChI=1S/C18H20N2O/c1-14(2)15-7-6-10-17(11-15)21-13-18(20,12-19)16-8-4-3-5-9-16/h3-11,14H,13,20H2,1-2H3. The molecule has 0 saturated heterocycles. The molecule has 2 aromatic carbocycles. The first-order valence-electron chi connectivity index (χ1n) is 7.03. The summed E-state index contributed by atoms with van der Waals surface area (Å²) in [5, 5.41) is 9.40.